The number of benzene rings is 1. The number of alkyl halides is 3. The second-order valence-electron chi connectivity index (χ2n) is 8.61. The van der Waals surface area contributed by atoms with Crippen molar-refractivity contribution in [2.24, 2.45) is 17.6 Å². The van der Waals surface area contributed by atoms with Crippen molar-refractivity contribution in [3.8, 4) is 16.3 Å². The molecule has 0 aliphatic carbocycles. The van der Waals surface area contributed by atoms with Crippen molar-refractivity contribution in [2.45, 2.75) is 58.7 Å². The van der Waals surface area contributed by atoms with Crippen LogP contribution in [-0.4, -0.2) is 33.2 Å². The number of rotatable bonds is 13. The molecular formula is C21H31F3N3O5PS. The van der Waals surface area contributed by atoms with Gasteiger partial charge in [-0.15, -0.1) is 10.2 Å². The minimum atomic E-state index is -4.71. The van der Waals surface area contributed by atoms with Gasteiger partial charge in [-0.3, -0.25) is 4.52 Å². The molecular weight excluding hydrogens is 494 g/mol. The Morgan fingerprint density at radius 2 is 1.85 bits per heavy atom. The molecule has 0 amide bonds. The van der Waals surface area contributed by atoms with E-state index in [1.165, 1.54) is 12.1 Å². The van der Waals surface area contributed by atoms with Crippen molar-refractivity contribution in [1.82, 2.24) is 10.2 Å². The highest BCUT2D eigenvalue weighted by atomic mass is 32.1. The van der Waals surface area contributed by atoms with Gasteiger partial charge in [-0.05, 0) is 36.5 Å². The van der Waals surface area contributed by atoms with E-state index >= 15 is 0 Å². The number of hydrogen-bond donors (Lipinski definition) is 3. The molecule has 8 nitrogen and oxygen atoms in total. The lowest BCUT2D eigenvalue weighted by molar-refractivity contribution is -0.138. The summed E-state index contributed by atoms with van der Waals surface area (Å²) in [6, 6.07) is 2.67. The first-order chi connectivity index (χ1) is 15.8. The highest BCUT2D eigenvalue weighted by Gasteiger charge is 2.35. The summed E-state index contributed by atoms with van der Waals surface area (Å²) in [6.07, 6.45) is -0.756. The number of hydrogen-bond acceptors (Lipinski definition) is 7. The Labute approximate surface area is 200 Å². The molecule has 0 fully saturated rings. The molecule has 0 saturated carbocycles. The molecule has 1 aromatic carbocycles. The molecule has 0 radical (unpaired) electrons. The van der Waals surface area contributed by atoms with E-state index in [1.807, 2.05) is 0 Å². The Bertz CT molecular complexity index is 967. The Morgan fingerprint density at radius 1 is 1.15 bits per heavy atom. The van der Waals surface area contributed by atoms with E-state index < -0.39 is 32.2 Å². The summed E-state index contributed by atoms with van der Waals surface area (Å²) in [7, 11) is -4.71. The molecule has 2 aromatic rings. The van der Waals surface area contributed by atoms with Gasteiger partial charge in [-0.25, -0.2) is 4.57 Å². The molecule has 1 aromatic heterocycles. The van der Waals surface area contributed by atoms with Crippen LogP contribution in [0.1, 0.15) is 63.1 Å². The third kappa shape index (κ3) is 9.59. The topological polar surface area (TPSA) is 128 Å². The zero-order chi connectivity index (χ0) is 25.5. The van der Waals surface area contributed by atoms with Gasteiger partial charge in [0.05, 0.1) is 24.8 Å². The number of phosphoric ester groups is 1. The summed E-state index contributed by atoms with van der Waals surface area (Å²) < 4.78 is 61.7. The fourth-order valence-electron chi connectivity index (χ4n) is 3.15. The van der Waals surface area contributed by atoms with E-state index in [0.717, 1.165) is 36.7 Å². The summed E-state index contributed by atoms with van der Waals surface area (Å²) in [5.41, 5.74) is 5.04. The SMILES string of the molecule is CC(C)CCCC(C)CCOc1ccc(-c2nnc(C(N)COP(=O)(O)O)s2)cc1C(F)(F)F. The quantitative estimate of drug-likeness (QED) is 0.290. The maximum atomic E-state index is 13.7. The Morgan fingerprint density at radius 3 is 2.47 bits per heavy atom. The summed E-state index contributed by atoms with van der Waals surface area (Å²) >= 11 is 0.913. The second kappa shape index (κ2) is 12.4. The van der Waals surface area contributed by atoms with Crippen LogP contribution in [0.2, 0.25) is 0 Å². The molecule has 34 heavy (non-hydrogen) atoms. The van der Waals surface area contributed by atoms with Gasteiger partial charge in [0.15, 0.2) is 0 Å². The van der Waals surface area contributed by atoms with Crippen molar-refractivity contribution < 1.29 is 36.8 Å². The minimum Gasteiger partial charge on any atom is -0.493 e. The van der Waals surface area contributed by atoms with Gasteiger partial charge < -0.3 is 20.3 Å². The molecule has 0 bridgehead atoms. The van der Waals surface area contributed by atoms with Crippen molar-refractivity contribution in [3.63, 3.8) is 0 Å². The summed E-state index contributed by atoms with van der Waals surface area (Å²) in [6.45, 7) is 6.06. The first-order valence-electron chi connectivity index (χ1n) is 10.9. The van der Waals surface area contributed by atoms with E-state index in [2.05, 4.69) is 35.5 Å². The van der Waals surface area contributed by atoms with E-state index in [4.69, 9.17) is 20.3 Å². The highest BCUT2D eigenvalue weighted by Crippen LogP contribution is 2.40. The number of aromatic nitrogens is 2. The third-order valence-corrected chi connectivity index (χ3v) is 6.65. The molecule has 0 aliphatic heterocycles. The third-order valence-electron chi connectivity index (χ3n) is 5.06. The van der Waals surface area contributed by atoms with Gasteiger partial charge >= 0.3 is 14.0 Å². The fourth-order valence-corrected chi connectivity index (χ4v) is 4.33. The van der Waals surface area contributed by atoms with E-state index in [1.54, 1.807) is 0 Å². The van der Waals surface area contributed by atoms with Crippen molar-refractivity contribution >= 4 is 19.2 Å². The number of ether oxygens (including phenoxy) is 1. The van der Waals surface area contributed by atoms with E-state index in [9.17, 15) is 17.7 Å². The van der Waals surface area contributed by atoms with Gasteiger partial charge in [0.2, 0.25) is 0 Å². The zero-order valence-corrected chi connectivity index (χ0v) is 21.0. The standard InChI is InChI=1S/C21H31F3N3O5PS/c1-13(2)5-4-6-14(3)9-10-31-18-8-7-15(11-16(18)21(22,23)24)19-26-27-20(34-19)17(25)12-32-33(28,29)30/h7-8,11,13-14,17H,4-6,9-10,12,25H2,1-3H3,(H2,28,29,30). The summed E-state index contributed by atoms with van der Waals surface area (Å²) in [4.78, 5) is 17.5. The molecule has 2 rings (SSSR count). The number of phosphoric acid groups is 1. The molecule has 13 heteroatoms. The number of nitrogens with zero attached hydrogens (tertiary/aromatic N) is 2. The van der Waals surface area contributed by atoms with Crippen LogP contribution >= 0.6 is 19.2 Å². The lowest BCUT2D eigenvalue weighted by Crippen LogP contribution is -2.16. The van der Waals surface area contributed by atoms with Crippen LogP contribution in [-0.2, 0) is 15.3 Å². The predicted molar refractivity (Wildman–Crippen MR) is 123 cm³/mol. The number of halogens is 3. The average Bonchev–Trinajstić information content (AvgIpc) is 3.21. The van der Waals surface area contributed by atoms with Crippen molar-refractivity contribution in [3.05, 3.63) is 28.8 Å². The van der Waals surface area contributed by atoms with Crippen molar-refractivity contribution in [2.75, 3.05) is 13.2 Å². The van der Waals surface area contributed by atoms with E-state index in [-0.39, 0.29) is 27.9 Å². The maximum Gasteiger partial charge on any atom is 0.469 e. The highest BCUT2D eigenvalue weighted by molar-refractivity contribution is 7.46. The molecule has 4 N–H and O–H groups in total. The van der Waals surface area contributed by atoms with Crippen LogP contribution in [0, 0.1) is 11.8 Å². The van der Waals surface area contributed by atoms with Crippen LogP contribution in [0.5, 0.6) is 5.75 Å². The van der Waals surface area contributed by atoms with Crippen molar-refractivity contribution in [1.29, 1.82) is 0 Å². The summed E-state index contributed by atoms with van der Waals surface area (Å²) in [5, 5.41) is 8.02. The molecule has 192 valence electrons. The first kappa shape index (κ1) is 28.7. The molecule has 2 unspecified atom stereocenters. The van der Waals surface area contributed by atoms with Crippen LogP contribution in [0.4, 0.5) is 13.2 Å². The molecule has 2 atom stereocenters. The smallest absolute Gasteiger partial charge is 0.469 e. The monoisotopic (exact) mass is 525 g/mol. The van der Waals surface area contributed by atoms with Gasteiger partial charge in [0.25, 0.3) is 0 Å². The molecule has 1 heterocycles. The number of nitrogens with two attached hydrogens (primary N) is 1. The Balaban J connectivity index is 2.07. The lowest BCUT2D eigenvalue weighted by Gasteiger charge is -2.17. The Hall–Kier alpha value is -1.56. The first-order valence-corrected chi connectivity index (χ1v) is 13.2. The molecule has 0 saturated heterocycles. The predicted octanol–water partition coefficient (Wildman–Crippen LogP) is 5.56. The normalized spacial score (nSPS) is 14.4. The lowest BCUT2D eigenvalue weighted by atomic mass is 9.98. The minimum absolute atomic E-state index is 0.170. The summed E-state index contributed by atoms with van der Waals surface area (Å²) in [5.74, 6) is 0.734. The van der Waals surface area contributed by atoms with Crippen LogP contribution in [0.25, 0.3) is 10.6 Å². The van der Waals surface area contributed by atoms with Gasteiger partial charge in [0.1, 0.15) is 15.8 Å². The van der Waals surface area contributed by atoms with E-state index in [0.29, 0.717) is 18.3 Å². The fraction of sp³-hybridized carbons (Fsp3) is 0.619. The van der Waals surface area contributed by atoms with Crippen LogP contribution < -0.4 is 10.5 Å². The Kier molecular flexibility index (Phi) is 10.5. The zero-order valence-electron chi connectivity index (χ0n) is 19.3. The largest absolute Gasteiger partial charge is 0.493 e. The maximum absolute atomic E-state index is 13.7. The average molecular weight is 526 g/mol. The second-order valence-corrected chi connectivity index (χ2v) is 10.9. The van der Waals surface area contributed by atoms with Gasteiger partial charge in [0, 0.05) is 5.56 Å². The van der Waals surface area contributed by atoms with Crippen LogP contribution in [0.3, 0.4) is 0 Å². The van der Waals surface area contributed by atoms with Gasteiger partial charge in [-0.2, -0.15) is 13.2 Å². The van der Waals surface area contributed by atoms with Crippen LogP contribution in [0.15, 0.2) is 18.2 Å². The molecule has 0 spiro atoms. The van der Waals surface area contributed by atoms with Gasteiger partial charge in [-0.1, -0.05) is 51.4 Å². The molecule has 0 aliphatic rings.